The summed E-state index contributed by atoms with van der Waals surface area (Å²) in [7, 11) is 3.28. The smallest absolute Gasteiger partial charge is 0.322 e. The molecule has 1 aromatic heterocycles. The minimum atomic E-state index is -0.278. The molecule has 2 rings (SSSR count). The first-order valence-corrected chi connectivity index (χ1v) is 6.72. The van der Waals surface area contributed by atoms with E-state index in [1.807, 2.05) is 4.90 Å². The second kappa shape index (κ2) is 6.36. The molecular weight excluding hydrogens is 260 g/mol. The number of aromatic nitrogens is 3. The monoisotopic (exact) mass is 280 g/mol. The molecular formula is C12H20N6O2. The van der Waals surface area contributed by atoms with Gasteiger partial charge in [-0.2, -0.15) is 9.90 Å². The van der Waals surface area contributed by atoms with E-state index >= 15 is 0 Å². The van der Waals surface area contributed by atoms with Gasteiger partial charge >= 0.3 is 6.03 Å². The van der Waals surface area contributed by atoms with Crippen LogP contribution in [0.3, 0.4) is 0 Å². The fourth-order valence-electron chi connectivity index (χ4n) is 2.02. The summed E-state index contributed by atoms with van der Waals surface area (Å²) in [6.07, 6.45) is 4.74. The molecule has 1 aliphatic rings. The molecule has 20 heavy (non-hydrogen) atoms. The summed E-state index contributed by atoms with van der Waals surface area (Å²) in [5, 5.41) is 10.6. The van der Waals surface area contributed by atoms with Crippen LogP contribution in [0.1, 0.15) is 19.3 Å². The van der Waals surface area contributed by atoms with Crippen molar-refractivity contribution in [3.63, 3.8) is 0 Å². The molecule has 1 aliphatic heterocycles. The van der Waals surface area contributed by atoms with E-state index < -0.39 is 0 Å². The zero-order valence-corrected chi connectivity index (χ0v) is 11.9. The number of carbonyl (C=O) groups is 2. The Morgan fingerprint density at radius 1 is 1.30 bits per heavy atom. The largest absolute Gasteiger partial charge is 0.341 e. The van der Waals surface area contributed by atoms with Crippen LogP contribution >= 0.6 is 0 Å². The van der Waals surface area contributed by atoms with E-state index in [1.165, 1.54) is 22.3 Å². The van der Waals surface area contributed by atoms with Crippen molar-refractivity contribution in [1.82, 2.24) is 24.8 Å². The molecule has 1 aromatic rings. The van der Waals surface area contributed by atoms with Crippen LogP contribution in [0.5, 0.6) is 0 Å². The van der Waals surface area contributed by atoms with Crippen LogP contribution in [0.4, 0.5) is 10.6 Å². The second-order valence-electron chi connectivity index (χ2n) is 5.03. The average molecular weight is 280 g/mol. The minimum absolute atomic E-state index is 0.0192. The Kier molecular flexibility index (Phi) is 4.54. The number of urea groups is 1. The predicted molar refractivity (Wildman–Crippen MR) is 73.2 cm³/mol. The van der Waals surface area contributed by atoms with Gasteiger partial charge in [-0.15, -0.1) is 5.10 Å². The standard InChI is InChI=1S/C12H20N6O2/c1-16(2)12(20)14-10-8-13-18(15-10)9-11(19)17-6-4-3-5-7-17/h8H,3-7,9H2,1-2H3,(H,14,15,20). The number of rotatable bonds is 3. The third-order valence-electron chi connectivity index (χ3n) is 3.16. The number of carbonyl (C=O) groups excluding carboxylic acids is 2. The van der Waals surface area contributed by atoms with Gasteiger partial charge in [-0.25, -0.2) is 4.79 Å². The number of likely N-dealkylation sites (tertiary alicyclic amines) is 1. The van der Waals surface area contributed by atoms with Crippen molar-refractivity contribution in [3.8, 4) is 0 Å². The van der Waals surface area contributed by atoms with Crippen molar-refractivity contribution in [2.24, 2.45) is 0 Å². The molecule has 1 saturated heterocycles. The Bertz CT molecular complexity index is 478. The zero-order chi connectivity index (χ0) is 14.5. The molecule has 0 atom stereocenters. The maximum atomic E-state index is 12.0. The first-order valence-electron chi connectivity index (χ1n) is 6.72. The molecule has 0 aliphatic carbocycles. The first kappa shape index (κ1) is 14.3. The number of hydrogen-bond donors (Lipinski definition) is 1. The number of anilines is 1. The molecule has 0 aromatic carbocycles. The molecule has 110 valence electrons. The summed E-state index contributed by atoms with van der Waals surface area (Å²) in [4.78, 5) is 28.0. The lowest BCUT2D eigenvalue weighted by molar-refractivity contribution is -0.133. The Labute approximate surface area is 117 Å². The number of amides is 3. The summed E-state index contributed by atoms with van der Waals surface area (Å²) in [5.41, 5.74) is 0. The van der Waals surface area contributed by atoms with Gasteiger partial charge in [0.05, 0.1) is 6.20 Å². The molecule has 2 heterocycles. The van der Waals surface area contributed by atoms with Gasteiger partial charge in [-0.1, -0.05) is 0 Å². The van der Waals surface area contributed by atoms with Crippen molar-refractivity contribution in [1.29, 1.82) is 0 Å². The highest BCUT2D eigenvalue weighted by Gasteiger charge is 2.17. The first-order chi connectivity index (χ1) is 9.56. The van der Waals surface area contributed by atoms with Crippen LogP contribution in [0.25, 0.3) is 0 Å². The summed E-state index contributed by atoms with van der Waals surface area (Å²) >= 11 is 0. The maximum Gasteiger partial charge on any atom is 0.322 e. The second-order valence-corrected chi connectivity index (χ2v) is 5.03. The Morgan fingerprint density at radius 3 is 2.65 bits per heavy atom. The predicted octanol–water partition coefficient (Wildman–Crippen LogP) is 0.384. The lowest BCUT2D eigenvalue weighted by Gasteiger charge is -2.26. The third-order valence-corrected chi connectivity index (χ3v) is 3.16. The maximum absolute atomic E-state index is 12.0. The summed E-state index contributed by atoms with van der Waals surface area (Å²) < 4.78 is 0. The van der Waals surface area contributed by atoms with Gasteiger partial charge in [0, 0.05) is 27.2 Å². The van der Waals surface area contributed by atoms with Gasteiger partial charge in [-0.05, 0) is 19.3 Å². The van der Waals surface area contributed by atoms with E-state index in [0.29, 0.717) is 5.82 Å². The van der Waals surface area contributed by atoms with Crippen molar-refractivity contribution in [2.75, 3.05) is 32.5 Å². The van der Waals surface area contributed by atoms with Gasteiger partial charge < -0.3 is 9.80 Å². The van der Waals surface area contributed by atoms with E-state index in [0.717, 1.165) is 25.9 Å². The van der Waals surface area contributed by atoms with E-state index in [1.54, 1.807) is 14.1 Å². The Hall–Kier alpha value is -2.12. The summed E-state index contributed by atoms with van der Waals surface area (Å²) in [6, 6.07) is -0.278. The number of nitrogens with zero attached hydrogens (tertiary/aromatic N) is 5. The summed E-state index contributed by atoms with van der Waals surface area (Å²) in [5.74, 6) is 0.362. The van der Waals surface area contributed by atoms with E-state index in [4.69, 9.17) is 0 Å². The molecule has 8 nitrogen and oxygen atoms in total. The fraction of sp³-hybridized carbons (Fsp3) is 0.667. The zero-order valence-electron chi connectivity index (χ0n) is 11.9. The molecule has 0 radical (unpaired) electrons. The summed E-state index contributed by atoms with van der Waals surface area (Å²) in [6.45, 7) is 1.73. The molecule has 0 unspecified atom stereocenters. The highest BCUT2D eigenvalue weighted by Crippen LogP contribution is 2.09. The van der Waals surface area contributed by atoms with Gasteiger partial charge in [0.2, 0.25) is 5.91 Å². The van der Waals surface area contributed by atoms with Crippen LogP contribution < -0.4 is 5.32 Å². The third kappa shape index (κ3) is 3.69. The molecule has 3 amide bonds. The van der Waals surface area contributed by atoms with E-state index in [9.17, 15) is 9.59 Å². The number of hydrogen-bond acceptors (Lipinski definition) is 4. The lowest BCUT2D eigenvalue weighted by Crippen LogP contribution is -2.38. The Balaban J connectivity index is 1.88. The van der Waals surface area contributed by atoms with Crippen LogP contribution in [0.15, 0.2) is 6.20 Å². The molecule has 0 spiro atoms. The van der Waals surface area contributed by atoms with E-state index in [2.05, 4.69) is 15.5 Å². The Morgan fingerprint density at radius 2 is 2.00 bits per heavy atom. The normalized spacial score (nSPS) is 15.0. The van der Waals surface area contributed by atoms with Crippen LogP contribution in [0, 0.1) is 0 Å². The molecule has 1 N–H and O–H groups in total. The average Bonchev–Trinajstić information content (AvgIpc) is 2.86. The molecule has 0 bridgehead atoms. The van der Waals surface area contributed by atoms with Crippen molar-refractivity contribution >= 4 is 17.8 Å². The SMILES string of the molecule is CN(C)C(=O)Nc1cnn(CC(=O)N2CCCCC2)n1. The highest BCUT2D eigenvalue weighted by atomic mass is 16.2. The van der Waals surface area contributed by atoms with Crippen molar-refractivity contribution in [3.05, 3.63) is 6.20 Å². The van der Waals surface area contributed by atoms with E-state index in [-0.39, 0.29) is 18.5 Å². The fourth-order valence-corrected chi connectivity index (χ4v) is 2.02. The molecule has 1 fully saturated rings. The van der Waals surface area contributed by atoms with Crippen molar-refractivity contribution < 1.29 is 9.59 Å². The number of piperidine rings is 1. The topological polar surface area (TPSA) is 83.4 Å². The van der Waals surface area contributed by atoms with Gasteiger partial charge in [0.1, 0.15) is 6.54 Å². The quantitative estimate of drug-likeness (QED) is 0.868. The molecule has 8 heteroatoms. The number of nitrogens with one attached hydrogen (secondary N) is 1. The lowest BCUT2D eigenvalue weighted by atomic mass is 10.1. The van der Waals surface area contributed by atoms with Crippen LogP contribution in [-0.4, -0.2) is 63.9 Å². The van der Waals surface area contributed by atoms with Gasteiger partial charge in [0.25, 0.3) is 0 Å². The minimum Gasteiger partial charge on any atom is -0.341 e. The van der Waals surface area contributed by atoms with Gasteiger partial charge in [0.15, 0.2) is 5.82 Å². The van der Waals surface area contributed by atoms with Crippen LogP contribution in [0.2, 0.25) is 0 Å². The van der Waals surface area contributed by atoms with Crippen LogP contribution in [-0.2, 0) is 11.3 Å². The van der Waals surface area contributed by atoms with Gasteiger partial charge in [-0.3, -0.25) is 10.1 Å². The van der Waals surface area contributed by atoms with Crippen molar-refractivity contribution in [2.45, 2.75) is 25.8 Å². The molecule has 0 saturated carbocycles. The highest BCUT2D eigenvalue weighted by molar-refractivity contribution is 5.87.